The van der Waals surface area contributed by atoms with Gasteiger partial charge in [0.25, 0.3) is 11.8 Å². The highest BCUT2D eigenvalue weighted by molar-refractivity contribution is 7.14. The van der Waals surface area contributed by atoms with Gasteiger partial charge in [-0.3, -0.25) is 20.4 Å². The second kappa shape index (κ2) is 7.42. The lowest BCUT2D eigenvalue weighted by Gasteiger charge is -2.07. The molecule has 3 rings (SSSR count). The number of carbonyl (C=O) groups is 2. The zero-order valence-corrected chi connectivity index (χ0v) is 13.7. The van der Waals surface area contributed by atoms with E-state index in [0.29, 0.717) is 10.4 Å². The van der Waals surface area contributed by atoms with Crippen LogP contribution >= 0.6 is 11.3 Å². The number of hydrogen-bond acceptors (Lipinski definition) is 3. The van der Waals surface area contributed by atoms with Crippen molar-refractivity contribution in [3.63, 3.8) is 0 Å². The van der Waals surface area contributed by atoms with Gasteiger partial charge in [0.15, 0.2) is 0 Å². The van der Waals surface area contributed by atoms with E-state index < -0.39 is 0 Å². The van der Waals surface area contributed by atoms with Gasteiger partial charge >= 0.3 is 0 Å². The van der Waals surface area contributed by atoms with Gasteiger partial charge in [-0.05, 0) is 49.4 Å². The third-order valence-electron chi connectivity index (χ3n) is 4.05. The van der Waals surface area contributed by atoms with Gasteiger partial charge in [0.1, 0.15) is 0 Å². The van der Waals surface area contributed by atoms with Crippen molar-refractivity contribution >= 4 is 23.2 Å². The molecule has 1 heterocycles. The van der Waals surface area contributed by atoms with E-state index in [1.54, 1.807) is 35.6 Å². The van der Waals surface area contributed by atoms with Crippen LogP contribution in [0.4, 0.5) is 0 Å². The summed E-state index contributed by atoms with van der Waals surface area (Å²) in [6.07, 6.45) is 7.03. The molecular weight excluding hydrogens is 308 g/mol. The Morgan fingerprint density at radius 3 is 2.35 bits per heavy atom. The largest absolute Gasteiger partial charge is 0.279 e. The molecule has 1 aliphatic carbocycles. The quantitative estimate of drug-likeness (QED) is 0.829. The number of hydrazine groups is 1. The van der Waals surface area contributed by atoms with Gasteiger partial charge in [-0.15, -0.1) is 11.3 Å². The van der Waals surface area contributed by atoms with Crippen LogP contribution in [0, 0.1) is 0 Å². The number of carbonyl (C=O) groups excluding carboxylic acids is 2. The van der Waals surface area contributed by atoms with Gasteiger partial charge in [0.2, 0.25) is 0 Å². The Kier molecular flexibility index (Phi) is 5.08. The van der Waals surface area contributed by atoms with Crippen LogP contribution in [0.1, 0.15) is 56.2 Å². The molecule has 0 saturated carbocycles. The van der Waals surface area contributed by atoms with Crippen molar-refractivity contribution in [2.45, 2.75) is 38.5 Å². The lowest BCUT2D eigenvalue weighted by molar-refractivity contribution is 0.0849. The summed E-state index contributed by atoms with van der Waals surface area (Å²) in [6.45, 7) is 0. The molecule has 4 nitrogen and oxygen atoms in total. The minimum absolute atomic E-state index is 0.244. The molecule has 0 saturated heterocycles. The van der Waals surface area contributed by atoms with Crippen LogP contribution in [0.15, 0.2) is 36.4 Å². The number of thiophene rings is 1. The van der Waals surface area contributed by atoms with Crippen molar-refractivity contribution in [3.05, 3.63) is 57.3 Å². The summed E-state index contributed by atoms with van der Waals surface area (Å²) in [5.74, 6) is -0.556. The Hall–Kier alpha value is -2.14. The Morgan fingerprint density at radius 2 is 1.57 bits per heavy atom. The Morgan fingerprint density at radius 1 is 0.870 bits per heavy atom. The van der Waals surface area contributed by atoms with E-state index in [1.165, 1.54) is 36.1 Å². The maximum Gasteiger partial charge on any atom is 0.279 e. The third-order valence-corrected chi connectivity index (χ3v) is 5.28. The summed E-state index contributed by atoms with van der Waals surface area (Å²) in [5, 5.41) is 0. The molecule has 0 radical (unpaired) electrons. The van der Waals surface area contributed by atoms with Gasteiger partial charge in [-0.25, -0.2) is 0 Å². The first kappa shape index (κ1) is 15.7. The molecule has 2 N–H and O–H groups in total. The fourth-order valence-electron chi connectivity index (χ4n) is 2.79. The molecule has 5 heteroatoms. The summed E-state index contributed by atoms with van der Waals surface area (Å²) < 4.78 is 0. The minimum atomic E-state index is -0.311. The first-order valence-electron chi connectivity index (χ1n) is 8.01. The third kappa shape index (κ3) is 3.99. The zero-order chi connectivity index (χ0) is 16.1. The summed E-state index contributed by atoms with van der Waals surface area (Å²) >= 11 is 1.55. The number of aryl methyl sites for hydroxylation is 2. The lowest BCUT2D eigenvalue weighted by Crippen LogP contribution is -2.41. The Labute approximate surface area is 139 Å². The van der Waals surface area contributed by atoms with Crippen LogP contribution < -0.4 is 10.9 Å². The van der Waals surface area contributed by atoms with Gasteiger partial charge in [-0.2, -0.15) is 0 Å². The fourth-order valence-corrected chi connectivity index (χ4v) is 3.94. The van der Waals surface area contributed by atoms with Gasteiger partial charge in [0.05, 0.1) is 4.88 Å². The van der Waals surface area contributed by atoms with E-state index in [-0.39, 0.29) is 11.8 Å². The van der Waals surface area contributed by atoms with Crippen LogP contribution in [0.2, 0.25) is 0 Å². The average molecular weight is 328 g/mol. The van der Waals surface area contributed by atoms with Crippen molar-refractivity contribution in [1.29, 1.82) is 0 Å². The highest BCUT2D eigenvalue weighted by Gasteiger charge is 2.16. The van der Waals surface area contributed by atoms with Crippen LogP contribution in [0.5, 0.6) is 0 Å². The van der Waals surface area contributed by atoms with Crippen molar-refractivity contribution in [1.82, 2.24) is 10.9 Å². The molecule has 0 unspecified atom stereocenters. The normalized spacial score (nSPS) is 14.3. The summed E-state index contributed by atoms with van der Waals surface area (Å²) in [4.78, 5) is 26.2. The molecule has 2 aromatic rings. The van der Waals surface area contributed by atoms with E-state index in [4.69, 9.17) is 0 Å². The molecule has 0 fully saturated rings. The monoisotopic (exact) mass is 328 g/mol. The van der Waals surface area contributed by atoms with E-state index in [0.717, 1.165) is 12.8 Å². The molecule has 0 spiro atoms. The summed E-state index contributed by atoms with van der Waals surface area (Å²) in [6, 6.07) is 10.8. The topological polar surface area (TPSA) is 58.2 Å². The maximum atomic E-state index is 12.3. The standard InChI is InChI=1S/C18H20N2O2S/c21-17(13-8-5-3-6-9-13)19-20-18(22)16-12-14-10-4-1-2-7-11-15(14)23-16/h3,5-6,8-9,12H,1-2,4,7,10-11H2,(H,19,21)(H,20,22). The highest BCUT2D eigenvalue weighted by Crippen LogP contribution is 2.28. The second-order valence-electron chi connectivity index (χ2n) is 5.75. The predicted molar refractivity (Wildman–Crippen MR) is 91.6 cm³/mol. The first-order chi connectivity index (χ1) is 11.2. The molecular formula is C18H20N2O2S. The SMILES string of the molecule is O=C(NNC(=O)c1cc2c(s1)CCCCCC2)c1ccccc1. The average Bonchev–Trinajstić information content (AvgIpc) is 2.95. The molecule has 0 aliphatic heterocycles. The molecule has 0 atom stereocenters. The lowest BCUT2D eigenvalue weighted by atomic mass is 10.00. The molecule has 23 heavy (non-hydrogen) atoms. The van der Waals surface area contributed by atoms with E-state index >= 15 is 0 Å². The molecule has 1 aromatic heterocycles. The molecule has 120 valence electrons. The number of benzene rings is 1. The number of nitrogens with one attached hydrogen (secondary N) is 2. The highest BCUT2D eigenvalue weighted by atomic mass is 32.1. The Balaban J connectivity index is 1.62. The van der Waals surface area contributed by atoms with Gasteiger partial charge in [-0.1, -0.05) is 31.0 Å². The van der Waals surface area contributed by atoms with Crippen molar-refractivity contribution < 1.29 is 9.59 Å². The van der Waals surface area contributed by atoms with E-state index in [9.17, 15) is 9.59 Å². The van der Waals surface area contributed by atoms with Crippen LogP contribution in [-0.2, 0) is 12.8 Å². The number of rotatable bonds is 2. The predicted octanol–water partition coefficient (Wildman–Crippen LogP) is 3.48. The first-order valence-corrected chi connectivity index (χ1v) is 8.83. The van der Waals surface area contributed by atoms with Crippen molar-refractivity contribution in [2.75, 3.05) is 0 Å². The minimum Gasteiger partial charge on any atom is -0.267 e. The molecule has 1 aliphatic rings. The summed E-state index contributed by atoms with van der Waals surface area (Å²) in [7, 11) is 0. The number of amides is 2. The van der Waals surface area contributed by atoms with Crippen LogP contribution in [0.3, 0.4) is 0 Å². The van der Waals surface area contributed by atoms with Crippen molar-refractivity contribution in [3.8, 4) is 0 Å². The van der Waals surface area contributed by atoms with Gasteiger partial charge in [0, 0.05) is 10.4 Å². The molecule has 2 amide bonds. The van der Waals surface area contributed by atoms with Crippen molar-refractivity contribution in [2.24, 2.45) is 0 Å². The molecule has 1 aromatic carbocycles. The zero-order valence-electron chi connectivity index (χ0n) is 12.9. The fraction of sp³-hybridized carbons (Fsp3) is 0.333. The smallest absolute Gasteiger partial charge is 0.267 e. The number of hydrogen-bond donors (Lipinski definition) is 2. The van der Waals surface area contributed by atoms with E-state index in [2.05, 4.69) is 10.9 Å². The summed E-state index contributed by atoms with van der Waals surface area (Å²) in [5.41, 5.74) is 6.80. The Bertz CT molecular complexity index is 669. The second-order valence-corrected chi connectivity index (χ2v) is 6.88. The maximum absolute atomic E-state index is 12.3. The van der Waals surface area contributed by atoms with Crippen LogP contribution in [0.25, 0.3) is 0 Å². The molecule has 0 bridgehead atoms. The van der Waals surface area contributed by atoms with Crippen LogP contribution in [-0.4, -0.2) is 11.8 Å². The number of fused-ring (bicyclic) bond motifs is 1. The van der Waals surface area contributed by atoms with Gasteiger partial charge < -0.3 is 0 Å². The van der Waals surface area contributed by atoms with E-state index in [1.807, 2.05) is 12.1 Å².